The fourth-order valence-electron chi connectivity index (χ4n) is 0.578. The number of carbonyl (C=O) groups is 1. The van der Waals surface area contributed by atoms with E-state index in [9.17, 15) is 4.79 Å². The molecule has 13 heavy (non-hydrogen) atoms. The zero-order valence-electron chi connectivity index (χ0n) is 6.80. The number of guanidine groups is 1. The molecule has 5 N–H and O–H groups in total. The van der Waals surface area contributed by atoms with Crippen LogP contribution in [0.15, 0.2) is 0 Å². The first-order valence-corrected chi connectivity index (χ1v) is 6.31. The number of carbonyl (C=O) groups excluding carboxylic acids is 1. The summed E-state index contributed by atoms with van der Waals surface area (Å²) in [6.45, 7) is 0.381. The van der Waals surface area contributed by atoms with E-state index in [1.165, 1.54) is 0 Å². The van der Waals surface area contributed by atoms with Crippen LogP contribution in [0.1, 0.15) is 0 Å². The third-order valence-corrected chi connectivity index (χ3v) is 1.06. The van der Waals surface area contributed by atoms with Crippen molar-refractivity contribution in [2.75, 3.05) is 13.6 Å². The Morgan fingerprint density at radius 3 is 2.15 bits per heavy atom. The van der Waals surface area contributed by atoms with Gasteiger partial charge in [0.05, 0.1) is 7.05 Å². The summed E-state index contributed by atoms with van der Waals surface area (Å²) < 4.78 is 33.6. The van der Waals surface area contributed by atoms with Crippen molar-refractivity contribution in [3.8, 4) is 0 Å². The molecule has 1 rings (SSSR count). The summed E-state index contributed by atoms with van der Waals surface area (Å²) in [5, 5.41) is 2.45. The first kappa shape index (κ1) is 12.2. The summed E-state index contributed by atoms with van der Waals surface area (Å²) in [5.74, 6) is 0.403. The van der Waals surface area contributed by atoms with E-state index < -0.39 is 14.5 Å². The molecule has 0 spiro atoms. The summed E-state index contributed by atoms with van der Waals surface area (Å²) >= 11 is -5.38. The molecule has 0 aromatic heterocycles. The average molecular weight is 255 g/mol. The first-order valence-electron chi connectivity index (χ1n) is 3.10. The third-order valence-electron chi connectivity index (χ3n) is 1.06. The Labute approximate surface area is 77.0 Å². The van der Waals surface area contributed by atoms with E-state index in [1.54, 1.807) is 11.6 Å². The van der Waals surface area contributed by atoms with Crippen molar-refractivity contribution in [1.82, 2.24) is 5.32 Å². The van der Waals surface area contributed by atoms with Gasteiger partial charge in [-0.3, -0.25) is 15.1 Å². The van der Waals surface area contributed by atoms with Crippen LogP contribution in [-0.2, 0) is 8.53 Å². The van der Waals surface area contributed by atoms with E-state index in [2.05, 4.69) is 5.32 Å². The van der Waals surface area contributed by atoms with Crippen molar-refractivity contribution < 1.29 is 25.4 Å². The van der Waals surface area contributed by atoms with Gasteiger partial charge >= 0.3 is 42.4 Å². The van der Waals surface area contributed by atoms with E-state index in [4.69, 9.17) is 21.8 Å². The molecule has 1 heterocycles. The van der Waals surface area contributed by atoms with Crippen LogP contribution in [0.3, 0.4) is 0 Å². The maximum absolute atomic E-state index is 10.4. The van der Waals surface area contributed by atoms with Crippen LogP contribution < -0.4 is 15.1 Å². The van der Waals surface area contributed by atoms with Gasteiger partial charge in [0.1, 0.15) is 0 Å². The molecule has 0 aromatic rings. The predicted molar refractivity (Wildman–Crippen MR) is 39.3 cm³/mol. The second-order valence-corrected chi connectivity index (χ2v) is 4.34. The van der Waals surface area contributed by atoms with Gasteiger partial charge in [0, 0.05) is 0 Å². The van der Waals surface area contributed by atoms with Crippen molar-refractivity contribution in [2.24, 2.45) is 5.73 Å². The number of likely N-dealkylation sites (N-methyl/N-ethyl adjacent to an activating group) is 1. The van der Waals surface area contributed by atoms with Gasteiger partial charge in [-0.2, -0.15) is 0 Å². The molecular formula is C4H10AsN3O5. The summed E-state index contributed by atoms with van der Waals surface area (Å²) in [7, 11) is 1.76. The minimum absolute atomic E-state index is 0.0370. The van der Waals surface area contributed by atoms with Crippen LogP contribution in [0.5, 0.6) is 0 Å². The molecule has 1 aliphatic heterocycles. The monoisotopic (exact) mass is 255 g/mol. The van der Waals surface area contributed by atoms with E-state index in [0.717, 1.165) is 0 Å². The van der Waals surface area contributed by atoms with Gasteiger partial charge in [0.25, 0.3) is 0 Å². The summed E-state index contributed by atoms with van der Waals surface area (Å²) in [4.78, 5) is 10.4. The minimum atomic E-state index is -5.38. The molecule has 1 amide bonds. The van der Waals surface area contributed by atoms with Gasteiger partial charge in [0.2, 0.25) is 0 Å². The van der Waals surface area contributed by atoms with E-state index >= 15 is 0 Å². The van der Waals surface area contributed by atoms with Gasteiger partial charge in [-0.05, 0) is 0 Å². The van der Waals surface area contributed by atoms with Gasteiger partial charge < -0.3 is 0 Å². The van der Waals surface area contributed by atoms with Crippen LogP contribution in [0.2, 0.25) is 0 Å². The number of nitrogens with one attached hydrogen (secondary N) is 1. The van der Waals surface area contributed by atoms with Gasteiger partial charge in [-0.15, -0.1) is 0 Å². The molecule has 76 valence electrons. The number of hydrogen-bond acceptors (Lipinski definition) is 4. The average Bonchev–Trinajstić information content (AvgIpc) is 2.05. The number of amides is 1. The third kappa shape index (κ3) is 7.54. The molecule has 0 aromatic carbocycles. The van der Waals surface area contributed by atoms with Crippen molar-refractivity contribution in [3.05, 3.63) is 0 Å². The second-order valence-electron chi connectivity index (χ2n) is 2.28. The van der Waals surface area contributed by atoms with Crippen LogP contribution in [0.4, 0.5) is 0 Å². The van der Waals surface area contributed by atoms with E-state index in [0.29, 0.717) is 12.5 Å². The number of rotatable bonds is 0. The molecule has 0 fully saturated rings. The quantitative estimate of drug-likeness (QED) is 0.253. The number of hydrogen-bond donors (Lipinski definition) is 4. The van der Waals surface area contributed by atoms with Crippen LogP contribution in [0.25, 0.3) is 0 Å². The maximum atomic E-state index is 10.4. The number of nitrogens with zero attached hydrogens (tertiary/aromatic N) is 1. The molecular weight excluding hydrogens is 245 g/mol. The Morgan fingerprint density at radius 1 is 1.69 bits per heavy atom. The topological polar surface area (TPSA) is 139 Å². The normalized spacial score (nSPS) is 16.5. The predicted octanol–water partition coefficient (Wildman–Crippen LogP) is -4.73. The zero-order chi connectivity index (χ0) is 10.6. The van der Waals surface area contributed by atoms with Crippen LogP contribution in [0, 0.1) is 0 Å². The molecule has 0 saturated carbocycles. The van der Waals surface area contributed by atoms with Crippen molar-refractivity contribution in [1.29, 1.82) is 0 Å². The summed E-state index contributed by atoms with van der Waals surface area (Å²) in [6.07, 6.45) is 0. The number of nitrogens with two attached hydrogens (primary N) is 1. The molecule has 9 heteroatoms. The first-order chi connectivity index (χ1) is 5.70. The Hall–Kier alpha value is -0.822. The standard InChI is InChI=1S/C4H7N3O.AsH3O4/c1-7-2-3(8)6-4(7)5;2-1(3,4)5/h2H2,1H3,(H2,5,6,8);(H3,2,3,4,5). The molecule has 0 saturated heterocycles. The molecule has 0 unspecified atom stereocenters. The van der Waals surface area contributed by atoms with Gasteiger partial charge in [0.15, 0.2) is 6.54 Å². The Bertz CT molecular complexity index is 257. The summed E-state index contributed by atoms with van der Waals surface area (Å²) in [6, 6.07) is 0. The van der Waals surface area contributed by atoms with Gasteiger partial charge in [-0.25, -0.2) is 5.32 Å². The molecule has 8 nitrogen and oxygen atoms in total. The molecule has 0 aliphatic carbocycles. The molecule has 0 bridgehead atoms. The fourth-order valence-corrected chi connectivity index (χ4v) is 0.578. The van der Waals surface area contributed by atoms with Crippen molar-refractivity contribution in [3.63, 3.8) is 0 Å². The molecule has 0 atom stereocenters. The molecule has 0 radical (unpaired) electrons. The summed E-state index contributed by atoms with van der Waals surface area (Å²) in [5.41, 5.74) is 5.28. The van der Waals surface area contributed by atoms with E-state index in [1.807, 2.05) is 0 Å². The van der Waals surface area contributed by atoms with Crippen LogP contribution >= 0.6 is 0 Å². The Kier molecular flexibility index (Phi) is 4.14. The molecule has 1 aliphatic rings. The van der Waals surface area contributed by atoms with Gasteiger partial charge in [-0.1, -0.05) is 0 Å². The zero-order valence-corrected chi connectivity index (χ0v) is 8.67. The Balaban J connectivity index is 0.000000252. The van der Waals surface area contributed by atoms with Crippen molar-refractivity contribution >= 4 is 26.4 Å². The second kappa shape index (κ2) is 4.42. The Morgan fingerprint density at radius 2 is 2.08 bits per heavy atom. The fraction of sp³-hybridized carbons (Fsp3) is 0.500. The van der Waals surface area contributed by atoms with Crippen molar-refractivity contribution in [2.45, 2.75) is 0 Å². The van der Waals surface area contributed by atoms with Crippen LogP contribution in [-0.4, -0.2) is 52.7 Å². The van der Waals surface area contributed by atoms with E-state index in [-0.39, 0.29) is 5.91 Å². The SMILES string of the molecule is C[N+]1=C(N)NC(=O)C1.O=[As]([O-])(O)O.